The van der Waals surface area contributed by atoms with Crippen LogP contribution in [0.25, 0.3) is 22.6 Å². The molecule has 6 nitrogen and oxygen atoms in total. The molecule has 1 aliphatic heterocycles. The van der Waals surface area contributed by atoms with Crippen molar-refractivity contribution in [2.24, 2.45) is 0 Å². The second kappa shape index (κ2) is 7.19. The van der Waals surface area contributed by atoms with Crippen LogP contribution in [0, 0.1) is 0 Å². The molecule has 1 saturated heterocycles. The van der Waals surface area contributed by atoms with Gasteiger partial charge in [-0.2, -0.15) is 0 Å². The Labute approximate surface area is 151 Å². The van der Waals surface area contributed by atoms with Crippen molar-refractivity contribution in [3.8, 4) is 22.6 Å². The Morgan fingerprint density at radius 3 is 2.58 bits per heavy atom. The first-order valence-corrected chi connectivity index (χ1v) is 8.69. The minimum absolute atomic E-state index is 0.183. The molecule has 0 bridgehead atoms. The van der Waals surface area contributed by atoms with E-state index in [-0.39, 0.29) is 11.7 Å². The summed E-state index contributed by atoms with van der Waals surface area (Å²) in [4.78, 5) is 25.7. The molecule has 0 unspecified atom stereocenters. The average Bonchev–Trinajstić information content (AvgIpc) is 3.07. The van der Waals surface area contributed by atoms with E-state index in [9.17, 15) is 9.90 Å². The molecule has 3 heterocycles. The van der Waals surface area contributed by atoms with E-state index in [0.29, 0.717) is 11.5 Å². The van der Waals surface area contributed by atoms with Crippen LogP contribution in [0.5, 0.6) is 0 Å². The lowest BCUT2D eigenvalue weighted by atomic mass is 10.1. The number of H-pyrrole nitrogens is 1. The Morgan fingerprint density at radius 1 is 1.12 bits per heavy atom. The van der Waals surface area contributed by atoms with Crippen LogP contribution < -0.4 is 5.56 Å². The Morgan fingerprint density at radius 2 is 1.88 bits per heavy atom. The molecule has 0 amide bonds. The van der Waals surface area contributed by atoms with E-state index in [4.69, 9.17) is 0 Å². The molecule has 3 aromatic rings. The van der Waals surface area contributed by atoms with E-state index >= 15 is 0 Å². The fourth-order valence-electron chi connectivity index (χ4n) is 3.25. The van der Waals surface area contributed by atoms with Gasteiger partial charge in [0.05, 0.1) is 11.8 Å². The molecule has 2 N–H and O–H groups in total. The highest BCUT2D eigenvalue weighted by Gasteiger charge is 2.19. The van der Waals surface area contributed by atoms with Crippen molar-refractivity contribution in [1.29, 1.82) is 0 Å². The first-order chi connectivity index (χ1) is 12.7. The smallest absolute Gasteiger partial charge is 0.251 e. The molecule has 4 rings (SSSR count). The van der Waals surface area contributed by atoms with Gasteiger partial charge in [-0.05, 0) is 24.1 Å². The van der Waals surface area contributed by atoms with Gasteiger partial charge >= 0.3 is 0 Å². The number of hydrogen-bond donors (Lipinski definition) is 2. The number of aliphatic hydroxyl groups excluding tert-OH is 1. The van der Waals surface area contributed by atoms with Gasteiger partial charge in [-0.15, -0.1) is 0 Å². The molecule has 0 saturated carbocycles. The molecule has 26 heavy (non-hydrogen) atoms. The molecule has 0 spiro atoms. The molecule has 2 aromatic heterocycles. The summed E-state index contributed by atoms with van der Waals surface area (Å²) >= 11 is 0. The third kappa shape index (κ3) is 3.71. The van der Waals surface area contributed by atoms with Gasteiger partial charge in [-0.1, -0.05) is 24.3 Å². The van der Waals surface area contributed by atoms with E-state index in [1.54, 1.807) is 12.4 Å². The van der Waals surface area contributed by atoms with Crippen molar-refractivity contribution in [3.63, 3.8) is 0 Å². The number of likely N-dealkylation sites (tertiary alicyclic amines) is 1. The van der Waals surface area contributed by atoms with Gasteiger partial charge in [-0.3, -0.25) is 14.7 Å². The normalized spacial score (nSPS) is 17.5. The summed E-state index contributed by atoms with van der Waals surface area (Å²) in [5.41, 5.74) is 3.34. The molecular formula is C20H20N4O2. The largest absolute Gasteiger partial charge is 0.392 e. The van der Waals surface area contributed by atoms with Gasteiger partial charge in [0.2, 0.25) is 0 Å². The molecule has 1 fully saturated rings. The summed E-state index contributed by atoms with van der Waals surface area (Å²) in [5.74, 6) is 0.549. The highest BCUT2D eigenvalue weighted by molar-refractivity contribution is 5.63. The number of benzene rings is 1. The maximum absolute atomic E-state index is 12.0. The summed E-state index contributed by atoms with van der Waals surface area (Å²) in [5, 5.41) is 9.63. The first-order valence-electron chi connectivity index (χ1n) is 8.69. The number of β-amino-alcohol motifs (C(OH)–C–C–N with tert-alkyl or cyclic N) is 1. The van der Waals surface area contributed by atoms with Gasteiger partial charge in [0.15, 0.2) is 0 Å². The predicted octanol–water partition coefficient (Wildman–Crippen LogP) is 2.07. The molecule has 6 heteroatoms. The van der Waals surface area contributed by atoms with Crippen molar-refractivity contribution in [3.05, 3.63) is 70.8 Å². The molecule has 1 aromatic carbocycles. The third-order valence-corrected chi connectivity index (χ3v) is 4.60. The second-order valence-corrected chi connectivity index (χ2v) is 6.59. The van der Waals surface area contributed by atoms with Gasteiger partial charge in [0.25, 0.3) is 5.56 Å². The fraction of sp³-hybridized carbons (Fsp3) is 0.250. The number of aromatic amines is 1. The minimum atomic E-state index is -0.209. The van der Waals surface area contributed by atoms with Gasteiger partial charge in [0.1, 0.15) is 5.82 Å². The summed E-state index contributed by atoms with van der Waals surface area (Å²) < 4.78 is 0. The maximum atomic E-state index is 12.0. The molecule has 0 aliphatic carbocycles. The van der Waals surface area contributed by atoms with E-state index in [1.165, 1.54) is 11.6 Å². The number of nitrogens with one attached hydrogen (secondary N) is 1. The standard InChI is InChI=1S/C20H20N4O2/c25-17-7-10-24(13-17)12-14-1-3-16(4-2-14)20-22-18(11-19(26)23-20)15-5-8-21-9-6-15/h1-6,8-9,11,17,25H,7,10,12-13H2,(H,22,23,26)/t17-/m1/s1. The number of aliphatic hydroxyl groups is 1. The molecular weight excluding hydrogens is 328 g/mol. The van der Waals surface area contributed by atoms with Crippen molar-refractivity contribution >= 4 is 0 Å². The molecule has 132 valence electrons. The van der Waals surface area contributed by atoms with Crippen molar-refractivity contribution in [2.45, 2.75) is 19.1 Å². The quantitative estimate of drug-likeness (QED) is 0.754. The number of nitrogens with zero attached hydrogens (tertiary/aromatic N) is 3. The molecule has 1 aliphatic rings. The van der Waals surface area contributed by atoms with E-state index in [2.05, 4.69) is 19.9 Å². The topological polar surface area (TPSA) is 82.1 Å². The number of aromatic nitrogens is 3. The highest BCUT2D eigenvalue weighted by Crippen LogP contribution is 2.20. The average molecular weight is 348 g/mol. The molecule has 0 radical (unpaired) electrons. The maximum Gasteiger partial charge on any atom is 0.251 e. The Kier molecular flexibility index (Phi) is 4.60. The number of hydrogen-bond acceptors (Lipinski definition) is 5. The lowest BCUT2D eigenvalue weighted by molar-refractivity contribution is 0.175. The number of pyridine rings is 1. The van der Waals surface area contributed by atoms with Crippen molar-refractivity contribution in [1.82, 2.24) is 19.9 Å². The predicted molar refractivity (Wildman–Crippen MR) is 99.4 cm³/mol. The third-order valence-electron chi connectivity index (χ3n) is 4.60. The van der Waals surface area contributed by atoms with Crippen LogP contribution in [-0.2, 0) is 6.54 Å². The van der Waals surface area contributed by atoms with E-state index < -0.39 is 0 Å². The van der Waals surface area contributed by atoms with Crippen molar-refractivity contribution < 1.29 is 5.11 Å². The van der Waals surface area contributed by atoms with E-state index in [0.717, 1.165) is 37.2 Å². The Balaban J connectivity index is 1.57. The van der Waals surface area contributed by atoms with Gasteiger partial charge in [-0.25, -0.2) is 4.98 Å². The highest BCUT2D eigenvalue weighted by atomic mass is 16.3. The molecule has 1 atom stereocenters. The Bertz CT molecular complexity index is 938. The summed E-state index contributed by atoms with van der Waals surface area (Å²) in [6.07, 6.45) is 3.99. The summed E-state index contributed by atoms with van der Waals surface area (Å²) in [7, 11) is 0. The van der Waals surface area contributed by atoms with Gasteiger partial charge in [0, 0.05) is 49.2 Å². The lowest BCUT2D eigenvalue weighted by Crippen LogP contribution is -2.21. The van der Waals surface area contributed by atoms with Crippen LogP contribution in [0.2, 0.25) is 0 Å². The zero-order valence-electron chi connectivity index (χ0n) is 14.3. The second-order valence-electron chi connectivity index (χ2n) is 6.59. The zero-order valence-corrected chi connectivity index (χ0v) is 14.3. The summed E-state index contributed by atoms with van der Waals surface area (Å²) in [6, 6.07) is 13.2. The van der Waals surface area contributed by atoms with Crippen LogP contribution in [0.15, 0.2) is 59.7 Å². The number of rotatable bonds is 4. The van der Waals surface area contributed by atoms with E-state index in [1.807, 2.05) is 36.4 Å². The first kappa shape index (κ1) is 16.6. The SMILES string of the molecule is O=c1cc(-c2ccncc2)nc(-c2ccc(CN3CC[C@@H](O)C3)cc2)[nH]1. The van der Waals surface area contributed by atoms with Crippen LogP contribution in [0.3, 0.4) is 0 Å². The fourth-order valence-corrected chi connectivity index (χ4v) is 3.25. The summed E-state index contributed by atoms with van der Waals surface area (Å²) in [6.45, 7) is 2.47. The van der Waals surface area contributed by atoms with Crippen LogP contribution in [-0.4, -0.2) is 44.2 Å². The van der Waals surface area contributed by atoms with Crippen molar-refractivity contribution in [2.75, 3.05) is 13.1 Å². The van der Waals surface area contributed by atoms with Crippen LogP contribution >= 0.6 is 0 Å². The van der Waals surface area contributed by atoms with Gasteiger partial charge < -0.3 is 10.1 Å². The lowest BCUT2D eigenvalue weighted by Gasteiger charge is -2.15. The van der Waals surface area contributed by atoms with Crippen LogP contribution in [0.1, 0.15) is 12.0 Å². The monoisotopic (exact) mass is 348 g/mol. The minimum Gasteiger partial charge on any atom is -0.392 e. The zero-order chi connectivity index (χ0) is 17.9. The Hall–Kier alpha value is -2.83. The van der Waals surface area contributed by atoms with Crippen LogP contribution in [0.4, 0.5) is 0 Å².